The monoisotopic (exact) mass is 376 g/mol. The van der Waals surface area contributed by atoms with Gasteiger partial charge in [-0.1, -0.05) is 6.07 Å². The highest BCUT2D eigenvalue weighted by Gasteiger charge is 2.47. The fourth-order valence-electron chi connectivity index (χ4n) is 3.34. The van der Waals surface area contributed by atoms with Crippen LogP contribution in [0.5, 0.6) is 0 Å². The van der Waals surface area contributed by atoms with E-state index in [-0.39, 0.29) is 11.6 Å². The Morgan fingerprint density at radius 2 is 2.04 bits per heavy atom. The molecular weight excluding hydrogens is 356 g/mol. The maximum atomic E-state index is 11.9. The zero-order chi connectivity index (χ0) is 19.1. The summed E-state index contributed by atoms with van der Waals surface area (Å²) in [6.07, 6.45) is 9.18. The Morgan fingerprint density at radius 1 is 1.14 bits per heavy atom. The lowest BCUT2D eigenvalue weighted by atomic mass is 10.2. The summed E-state index contributed by atoms with van der Waals surface area (Å²) >= 11 is 0. The molecule has 28 heavy (non-hydrogen) atoms. The molecule has 2 fully saturated rings. The van der Waals surface area contributed by atoms with Crippen molar-refractivity contribution >= 4 is 17.8 Å². The molecular formula is C19H20N8O. The minimum atomic E-state index is -0.276. The van der Waals surface area contributed by atoms with Crippen LogP contribution >= 0.6 is 0 Å². The van der Waals surface area contributed by atoms with Gasteiger partial charge in [-0.05, 0) is 37.5 Å². The Balaban J connectivity index is 1.37. The second kappa shape index (κ2) is 6.29. The molecule has 0 aromatic carbocycles. The van der Waals surface area contributed by atoms with Crippen LogP contribution in [-0.2, 0) is 5.54 Å². The van der Waals surface area contributed by atoms with Crippen molar-refractivity contribution in [3.63, 3.8) is 0 Å². The molecule has 9 nitrogen and oxygen atoms in total. The van der Waals surface area contributed by atoms with E-state index in [4.69, 9.17) is 0 Å². The zero-order valence-corrected chi connectivity index (χ0v) is 15.5. The van der Waals surface area contributed by atoms with Gasteiger partial charge in [0.05, 0.1) is 11.2 Å². The van der Waals surface area contributed by atoms with E-state index >= 15 is 0 Å². The highest BCUT2D eigenvalue weighted by atomic mass is 16.2. The quantitative estimate of drug-likeness (QED) is 0.706. The van der Waals surface area contributed by atoms with Gasteiger partial charge in [0, 0.05) is 31.7 Å². The predicted molar refractivity (Wildman–Crippen MR) is 103 cm³/mol. The highest BCUT2D eigenvalue weighted by molar-refractivity contribution is 5.93. The van der Waals surface area contributed by atoms with E-state index in [1.165, 1.54) is 0 Å². The topological polar surface area (TPSA) is 101 Å². The number of carbonyl (C=O) groups is 1. The second-order valence-electron chi connectivity index (χ2n) is 7.19. The van der Waals surface area contributed by atoms with Crippen molar-refractivity contribution in [1.29, 1.82) is 0 Å². The number of aromatic nitrogens is 5. The third-order valence-corrected chi connectivity index (χ3v) is 5.11. The van der Waals surface area contributed by atoms with Crippen molar-refractivity contribution in [1.82, 2.24) is 29.8 Å². The van der Waals surface area contributed by atoms with Gasteiger partial charge in [0.15, 0.2) is 0 Å². The number of amides is 2. The molecule has 2 N–H and O–H groups in total. The summed E-state index contributed by atoms with van der Waals surface area (Å²) in [6.45, 7) is 3.24. The first-order valence-electron chi connectivity index (χ1n) is 9.27. The van der Waals surface area contributed by atoms with Crippen molar-refractivity contribution < 1.29 is 4.79 Å². The van der Waals surface area contributed by atoms with Crippen LogP contribution in [0.25, 0.3) is 5.82 Å². The van der Waals surface area contributed by atoms with E-state index in [1.54, 1.807) is 23.5 Å². The minimum absolute atomic E-state index is 0.130. The number of imidazole rings is 1. The lowest BCUT2D eigenvalue weighted by Gasteiger charge is -2.17. The maximum absolute atomic E-state index is 11.9. The Bertz CT molecular complexity index is 1020. The largest absolute Gasteiger partial charge is 0.343 e. The summed E-state index contributed by atoms with van der Waals surface area (Å²) in [5, 5.41) is 6.20. The van der Waals surface area contributed by atoms with E-state index in [9.17, 15) is 4.79 Å². The molecule has 0 bridgehead atoms. The number of urea groups is 1. The standard InChI is InChI=1S/C19H20N8O/c1-13-2-3-15(22-10-13)26-11-14(23-12-26)19(5-6-19)25-17-20-7-4-16(24-17)27-9-8-21-18(27)28/h2-4,7,10-12H,5-6,8-9H2,1H3,(H,21,28)(H,20,24,25). The Hall–Kier alpha value is -3.49. The molecule has 0 unspecified atom stereocenters. The molecule has 1 saturated heterocycles. The van der Waals surface area contributed by atoms with Gasteiger partial charge in [0.1, 0.15) is 18.0 Å². The van der Waals surface area contributed by atoms with Crippen molar-refractivity contribution in [3.8, 4) is 5.82 Å². The maximum Gasteiger partial charge on any atom is 0.323 e. The van der Waals surface area contributed by atoms with Crippen LogP contribution < -0.4 is 15.5 Å². The van der Waals surface area contributed by atoms with Gasteiger partial charge in [-0.15, -0.1) is 0 Å². The number of hydrogen-bond donors (Lipinski definition) is 2. The summed E-state index contributed by atoms with van der Waals surface area (Å²) in [7, 11) is 0. The highest BCUT2D eigenvalue weighted by Crippen LogP contribution is 2.47. The number of hydrogen-bond acceptors (Lipinski definition) is 6. The number of carbonyl (C=O) groups excluding carboxylic acids is 1. The van der Waals surface area contributed by atoms with Crippen molar-refractivity contribution in [2.75, 3.05) is 23.3 Å². The molecule has 142 valence electrons. The van der Waals surface area contributed by atoms with Gasteiger partial charge >= 0.3 is 6.03 Å². The third kappa shape index (κ3) is 2.94. The second-order valence-corrected chi connectivity index (χ2v) is 7.19. The van der Waals surface area contributed by atoms with E-state index in [0.29, 0.717) is 24.9 Å². The average Bonchev–Trinajstić information content (AvgIpc) is 3.12. The first-order valence-corrected chi connectivity index (χ1v) is 9.27. The van der Waals surface area contributed by atoms with Gasteiger partial charge in [-0.25, -0.2) is 19.7 Å². The summed E-state index contributed by atoms with van der Waals surface area (Å²) in [5.74, 6) is 1.92. The molecule has 0 radical (unpaired) electrons. The molecule has 2 aliphatic rings. The molecule has 0 atom stereocenters. The Morgan fingerprint density at radius 3 is 2.75 bits per heavy atom. The van der Waals surface area contributed by atoms with E-state index in [2.05, 4.69) is 30.6 Å². The van der Waals surface area contributed by atoms with Crippen LogP contribution in [0.15, 0.2) is 43.1 Å². The molecule has 3 aromatic heterocycles. The van der Waals surface area contributed by atoms with Crippen molar-refractivity contribution in [2.45, 2.75) is 25.3 Å². The molecule has 4 heterocycles. The van der Waals surface area contributed by atoms with Crippen LogP contribution in [-0.4, -0.2) is 43.6 Å². The Kier molecular flexibility index (Phi) is 3.75. The first-order chi connectivity index (χ1) is 13.6. The number of nitrogens with zero attached hydrogens (tertiary/aromatic N) is 6. The molecule has 5 rings (SSSR count). The van der Waals surface area contributed by atoms with Crippen LogP contribution in [0, 0.1) is 6.92 Å². The van der Waals surface area contributed by atoms with Crippen LogP contribution in [0.3, 0.4) is 0 Å². The van der Waals surface area contributed by atoms with Crippen LogP contribution in [0.4, 0.5) is 16.6 Å². The Labute approximate surface area is 161 Å². The van der Waals surface area contributed by atoms with Gasteiger partial charge in [-0.3, -0.25) is 9.47 Å². The summed E-state index contributed by atoms with van der Waals surface area (Å²) in [4.78, 5) is 31.4. The lowest BCUT2D eigenvalue weighted by molar-refractivity contribution is 0.252. The summed E-state index contributed by atoms with van der Waals surface area (Å²) in [6, 6.07) is 5.62. The van der Waals surface area contributed by atoms with E-state index in [1.807, 2.05) is 36.0 Å². The van der Waals surface area contributed by atoms with Crippen LogP contribution in [0.2, 0.25) is 0 Å². The summed E-state index contributed by atoms with van der Waals surface area (Å²) < 4.78 is 1.92. The normalized spacial score (nSPS) is 17.5. The van der Waals surface area contributed by atoms with E-state index in [0.717, 1.165) is 29.9 Å². The SMILES string of the molecule is Cc1ccc(-n2cnc(C3(Nc4nccc(N5CCNC5=O)n4)CC3)c2)nc1. The molecule has 1 saturated carbocycles. The fourth-order valence-corrected chi connectivity index (χ4v) is 3.34. The fraction of sp³-hybridized carbons (Fsp3) is 0.316. The smallest absolute Gasteiger partial charge is 0.323 e. The molecule has 3 aromatic rings. The number of aryl methyl sites for hydroxylation is 1. The van der Waals surface area contributed by atoms with Crippen molar-refractivity contribution in [2.24, 2.45) is 0 Å². The lowest BCUT2D eigenvalue weighted by Crippen LogP contribution is -2.29. The zero-order valence-electron chi connectivity index (χ0n) is 15.5. The molecule has 2 amide bonds. The van der Waals surface area contributed by atoms with Gasteiger partial charge in [0.2, 0.25) is 5.95 Å². The molecule has 9 heteroatoms. The molecule has 0 spiro atoms. The number of rotatable bonds is 5. The summed E-state index contributed by atoms with van der Waals surface area (Å²) in [5.41, 5.74) is 1.78. The average molecular weight is 376 g/mol. The predicted octanol–water partition coefficient (Wildman–Crippen LogP) is 2.00. The third-order valence-electron chi connectivity index (χ3n) is 5.11. The molecule has 1 aliphatic heterocycles. The number of nitrogens with one attached hydrogen (secondary N) is 2. The number of pyridine rings is 1. The van der Waals surface area contributed by atoms with Gasteiger partial charge in [0.25, 0.3) is 0 Å². The van der Waals surface area contributed by atoms with Gasteiger partial charge in [-0.2, -0.15) is 4.98 Å². The first kappa shape index (κ1) is 16.7. The van der Waals surface area contributed by atoms with Crippen molar-refractivity contribution in [3.05, 3.63) is 54.4 Å². The molecule has 1 aliphatic carbocycles. The van der Waals surface area contributed by atoms with E-state index < -0.39 is 0 Å². The van der Waals surface area contributed by atoms with Gasteiger partial charge < -0.3 is 10.6 Å². The minimum Gasteiger partial charge on any atom is -0.343 e. The van der Waals surface area contributed by atoms with Crippen LogP contribution in [0.1, 0.15) is 24.1 Å². The number of anilines is 2.